The molecular formula is C20H28ClN5O4. The summed E-state index contributed by atoms with van der Waals surface area (Å²) in [5.41, 5.74) is 7.86. The Morgan fingerprint density at radius 2 is 1.90 bits per heavy atom. The molecule has 1 unspecified atom stereocenters. The zero-order valence-corrected chi connectivity index (χ0v) is 18.1. The lowest BCUT2D eigenvalue weighted by molar-refractivity contribution is -0.142. The molecule has 0 aliphatic heterocycles. The normalized spacial score (nSPS) is 11.2. The number of anilines is 1. The highest BCUT2D eigenvalue weighted by Gasteiger charge is 2.23. The molecule has 2 aromatic rings. The first kappa shape index (κ1) is 25.1. The van der Waals surface area contributed by atoms with Crippen molar-refractivity contribution in [3.63, 3.8) is 0 Å². The Morgan fingerprint density at radius 3 is 2.47 bits per heavy atom. The van der Waals surface area contributed by atoms with Crippen molar-refractivity contribution in [3.8, 4) is 5.75 Å². The van der Waals surface area contributed by atoms with Crippen LogP contribution in [0.2, 0.25) is 0 Å². The number of nitrogens with two attached hydrogens (primary N) is 1. The van der Waals surface area contributed by atoms with Crippen LogP contribution in [0, 0.1) is 13.8 Å². The number of nitrogens with zero attached hydrogens (tertiary/aromatic N) is 2. The molecule has 30 heavy (non-hydrogen) atoms. The van der Waals surface area contributed by atoms with Crippen LogP contribution < -0.4 is 16.4 Å². The number of hydrogen-bond donors (Lipinski definition) is 4. The minimum atomic E-state index is -0.929. The minimum absolute atomic E-state index is 0. The van der Waals surface area contributed by atoms with E-state index in [0.717, 1.165) is 18.4 Å². The largest absolute Gasteiger partial charge is 0.508 e. The van der Waals surface area contributed by atoms with Crippen molar-refractivity contribution in [2.45, 2.75) is 32.7 Å². The van der Waals surface area contributed by atoms with E-state index in [-0.39, 0.29) is 24.7 Å². The Kier molecular flexibility index (Phi) is 10.00. The number of amides is 1. The summed E-state index contributed by atoms with van der Waals surface area (Å²) in [5, 5.41) is 15.2. The van der Waals surface area contributed by atoms with Crippen molar-refractivity contribution in [2.24, 2.45) is 5.73 Å². The quantitative estimate of drug-likeness (QED) is 0.342. The lowest BCUT2D eigenvalue weighted by Crippen LogP contribution is -2.46. The van der Waals surface area contributed by atoms with Crippen molar-refractivity contribution in [2.75, 3.05) is 25.5 Å². The van der Waals surface area contributed by atoms with Crippen LogP contribution in [0.3, 0.4) is 0 Å². The number of aromatic nitrogens is 2. The van der Waals surface area contributed by atoms with Crippen molar-refractivity contribution in [1.29, 1.82) is 0 Å². The molecule has 0 fully saturated rings. The topological polar surface area (TPSA) is 139 Å². The van der Waals surface area contributed by atoms with Gasteiger partial charge >= 0.3 is 5.97 Å². The highest BCUT2D eigenvalue weighted by molar-refractivity contribution is 5.98. The maximum absolute atomic E-state index is 12.5. The van der Waals surface area contributed by atoms with Crippen LogP contribution in [-0.4, -0.2) is 53.2 Å². The predicted octanol–water partition coefficient (Wildman–Crippen LogP) is 1.50. The third-order valence-electron chi connectivity index (χ3n) is 4.36. The van der Waals surface area contributed by atoms with Crippen LogP contribution in [0.25, 0.3) is 0 Å². The van der Waals surface area contributed by atoms with Crippen molar-refractivity contribution >= 4 is 30.2 Å². The van der Waals surface area contributed by atoms with Gasteiger partial charge in [0.1, 0.15) is 11.8 Å². The minimum Gasteiger partial charge on any atom is -0.508 e. The molecule has 0 aliphatic carbocycles. The van der Waals surface area contributed by atoms with Crippen LogP contribution in [-0.2, 0) is 16.0 Å². The molecule has 0 spiro atoms. The molecule has 5 N–H and O–H groups in total. The zero-order chi connectivity index (χ0) is 21.4. The highest BCUT2D eigenvalue weighted by atomic mass is 35.5. The van der Waals surface area contributed by atoms with Gasteiger partial charge in [0.2, 0.25) is 5.95 Å². The predicted molar refractivity (Wildman–Crippen MR) is 116 cm³/mol. The van der Waals surface area contributed by atoms with E-state index in [1.165, 1.54) is 7.11 Å². The molecule has 164 valence electrons. The van der Waals surface area contributed by atoms with E-state index in [9.17, 15) is 14.7 Å². The number of benzene rings is 1. The van der Waals surface area contributed by atoms with Gasteiger partial charge in [0.05, 0.1) is 24.1 Å². The van der Waals surface area contributed by atoms with E-state index in [4.69, 9.17) is 5.73 Å². The van der Waals surface area contributed by atoms with E-state index in [2.05, 4.69) is 25.3 Å². The molecular weight excluding hydrogens is 410 g/mol. The maximum atomic E-state index is 12.5. The van der Waals surface area contributed by atoms with Gasteiger partial charge in [-0.25, -0.2) is 14.8 Å². The molecule has 0 saturated heterocycles. The zero-order valence-electron chi connectivity index (χ0n) is 17.3. The van der Waals surface area contributed by atoms with Gasteiger partial charge in [-0.15, -0.1) is 12.4 Å². The molecule has 1 aromatic heterocycles. The first-order valence-corrected chi connectivity index (χ1v) is 9.31. The van der Waals surface area contributed by atoms with Gasteiger partial charge in [-0.1, -0.05) is 12.1 Å². The number of hydrogen-bond acceptors (Lipinski definition) is 8. The Bertz CT molecular complexity index is 855. The van der Waals surface area contributed by atoms with Gasteiger partial charge in [0.25, 0.3) is 5.91 Å². The van der Waals surface area contributed by atoms with Crippen molar-refractivity contribution < 1.29 is 19.4 Å². The van der Waals surface area contributed by atoms with Gasteiger partial charge in [0, 0.05) is 13.1 Å². The van der Waals surface area contributed by atoms with Crippen LogP contribution >= 0.6 is 12.4 Å². The number of phenols is 1. The first-order valence-electron chi connectivity index (χ1n) is 9.31. The second-order valence-corrected chi connectivity index (χ2v) is 6.58. The average molecular weight is 438 g/mol. The smallest absolute Gasteiger partial charge is 0.329 e. The highest BCUT2D eigenvalue weighted by Crippen LogP contribution is 2.14. The average Bonchev–Trinajstić information content (AvgIpc) is 2.68. The molecule has 1 atom stereocenters. The van der Waals surface area contributed by atoms with Gasteiger partial charge < -0.3 is 26.2 Å². The first-order chi connectivity index (χ1) is 13.8. The van der Waals surface area contributed by atoms with Crippen molar-refractivity contribution in [1.82, 2.24) is 15.3 Å². The number of ether oxygens (including phenoxy) is 1. The van der Waals surface area contributed by atoms with Crippen molar-refractivity contribution in [3.05, 3.63) is 46.8 Å². The lowest BCUT2D eigenvalue weighted by atomic mass is 10.1. The molecule has 0 bridgehead atoms. The summed E-state index contributed by atoms with van der Waals surface area (Å²) < 4.78 is 4.62. The number of nitrogens with one attached hydrogen (secondary N) is 2. The number of aromatic hydroxyl groups is 1. The van der Waals surface area contributed by atoms with Gasteiger partial charge in [-0.3, -0.25) is 4.79 Å². The van der Waals surface area contributed by atoms with Crippen LogP contribution in [0.5, 0.6) is 5.75 Å². The Morgan fingerprint density at radius 1 is 1.23 bits per heavy atom. The molecule has 0 radical (unpaired) electrons. The molecule has 9 nitrogen and oxygen atoms in total. The molecule has 1 heterocycles. The van der Waals surface area contributed by atoms with E-state index in [0.29, 0.717) is 29.4 Å². The SMILES string of the molecule is COC(=O)C(CN)NC(=O)c1c(C)nc(NCCCc2cccc(O)c2)nc1C.Cl. The monoisotopic (exact) mass is 437 g/mol. The number of carbonyl (C=O) groups is 2. The second-order valence-electron chi connectivity index (χ2n) is 6.58. The Balaban J connectivity index is 0.00000450. The number of rotatable bonds is 9. The van der Waals surface area contributed by atoms with Crippen LogP contribution in [0.1, 0.15) is 33.7 Å². The van der Waals surface area contributed by atoms with Gasteiger partial charge in [0.15, 0.2) is 0 Å². The van der Waals surface area contributed by atoms with E-state index < -0.39 is 17.9 Å². The fourth-order valence-corrected chi connectivity index (χ4v) is 2.92. The number of halogens is 1. The summed E-state index contributed by atoms with van der Waals surface area (Å²) >= 11 is 0. The summed E-state index contributed by atoms with van der Waals surface area (Å²) in [5.74, 6) is -0.405. The number of carbonyl (C=O) groups excluding carboxylic acids is 2. The fraction of sp³-hybridized carbons (Fsp3) is 0.400. The standard InChI is InChI=1S/C20H27N5O4.ClH/c1-12-17(18(27)25-16(11-21)19(28)29-3)13(2)24-20(23-12)22-9-5-7-14-6-4-8-15(26)10-14;/h4,6,8,10,16,26H,5,7,9,11,21H2,1-3H3,(H,25,27)(H,22,23,24);1H. The lowest BCUT2D eigenvalue weighted by Gasteiger charge is -2.16. The van der Waals surface area contributed by atoms with Gasteiger partial charge in [-0.05, 0) is 44.4 Å². The summed E-state index contributed by atoms with van der Waals surface area (Å²) in [6, 6.07) is 6.22. The van der Waals surface area contributed by atoms with E-state index in [1.54, 1.807) is 26.0 Å². The molecule has 10 heteroatoms. The molecule has 0 saturated carbocycles. The number of phenolic OH excluding ortho intramolecular Hbond substituents is 1. The summed E-state index contributed by atoms with van der Waals surface area (Å²) in [4.78, 5) is 32.8. The maximum Gasteiger partial charge on any atom is 0.329 e. The third-order valence-corrected chi connectivity index (χ3v) is 4.36. The Labute approximate surface area is 181 Å². The second kappa shape index (κ2) is 11.9. The summed E-state index contributed by atoms with van der Waals surface area (Å²) in [6.45, 7) is 3.97. The van der Waals surface area contributed by atoms with Gasteiger partial charge in [-0.2, -0.15) is 0 Å². The third kappa shape index (κ3) is 6.85. The van der Waals surface area contributed by atoms with E-state index in [1.807, 2.05) is 12.1 Å². The number of aryl methyl sites for hydroxylation is 3. The number of esters is 1. The molecule has 1 aromatic carbocycles. The van der Waals surface area contributed by atoms with Crippen LogP contribution in [0.4, 0.5) is 5.95 Å². The number of methoxy groups -OCH3 is 1. The fourth-order valence-electron chi connectivity index (χ4n) is 2.92. The van der Waals surface area contributed by atoms with E-state index >= 15 is 0 Å². The molecule has 1 amide bonds. The Hall–Kier alpha value is -2.91. The summed E-state index contributed by atoms with van der Waals surface area (Å²) in [6.07, 6.45) is 1.62. The summed E-state index contributed by atoms with van der Waals surface area (Å²) in [7, 11) is 1.23. The molecule has 0 aliphatic rings. The van der Waals surface area contributed by atoms with Crippen LogP contribution in [0.15, 0.2) is 24.3 Å². The molecule has 2 rings (SSSR count).